The average Bonchev–Trinajstić information content (AvgIpc) is 2.60. The van der Waals surface area contributed by atoms with E-state index in [1.807, 2.05) is 6.07 Å². The SMILES string of the molecule is CN(CCC#N)C(=O)c1ccc(C(=O)Nc2cccnc2)cc1. The molecule has 0 aliphatic heterocycles. The van der Waals surface area contributed by atoms with Crippen molar-refractivity contribution in [1.29, 1.82) is 5.26 Å². The van der Waals surface area contributed by atoms with Gasteiger partial charge in [0.2, 0.25) is 0 Å². The zero-order valence-corrected chi connectivity index (χ0v) is 12.7. The molecule has 1 heterocycles. The van der Waals surface area contributed by atoms with Crippen LogP contribution >= 0.6 is 0 Å². The van der Waals surface area contributed by atoms with Gasteiger partial charge in [-0.3, -0.25) is 14.6 Å². The second kappa shape index (κ2) is 7.71. The number of carbonyl (C=O) groups is 2. The molecular weight excluding hydrogens is 292 g/mol. The van der Waals surface area contributed by atoms with E-state index >= 15 is 0 Å². The largest absolute Gasteiger partial charge is 0.341 e. The third-order valence-electron chi connectivity index (χ3n) is 3.22. The van der Waals surface area contributed by atoms with Crippen LogP contribution in [0.15, 0.2) is 48.8 Å². The highest BCUT2D eigenvalue weighted by atomic mass is 16.2. The molecule has 0 aliphatic rings. The van der Waals surface area contributed by atoms with Gasteiger partial charge in [0.1, 0.15) is 0 Å². The molecule has 23 heavy (non-hydrogen) atoms. The van der Waals surface area contributed by atoms with E-state index in [1.165, 1.54) is 4.90 Å². The molecule has 0 spiro atoms. The smallest absolute Gasteiger partial charge is 0.255 e. The van der Waals surface area contributed by atoms with Gasteiger partial charge in [0.15, 0.2) is 0 Å². The number of aromatic nitrogens is 1. The lowest BCUT2D eigenvalue weighted by Gasteiger charge is -2.15. The van der Waals surface area contributed by atoms with Crippen molar-refractivity contribution in [1.82, 2.24) is 9.88 Å². The molecule has 0 aliphatic carbocycles. The first-order chi connectivity index (χ1) is 11.1. The van der Waals surface area contributed by atoms with Crippen LogP contribution in [-0.2, 0) is 0 Å². The Bertz CT molecular complexity index is 721. The number of nitrogens with zero attached hydrogens (tertiary/aromatic N) is 3. The minimum absolute atomic E-state index is 0.181. The average molecular weight is 308 g/mol. The molecule has 0 atom stereocenters. The second-order valence-corrected chi connectivity index (χ2v) is 4.91. The lowest BCUT2D eigenvalue weighted by molar-refractivity contribution is 0.0797. The summed E-state index contributed by atoms with van der Waals surface area (Å²) in [5, 5.41) is 11.3. The fourth-order valence-electron chi connectivity index (χ4n) is 1.94. The summed E-state index contributed by atoms with van der Waals surface area (Å²) >= 11 is 0. The summed E-state index contributed by atoms with van der Waals surface area (Å²) in [6.45, 7) is 0.374. The maximum atomic E-state index is 12.1. The summed E-state index contributed by atoms with van der Waals surface area (Å²) in [5.74, 6) is -0.450. The number of hydrogen-bond acceptors (Lipinski definition) is 4. The maximum Gasteiger partial charge on any atom is 0.255 e. The van der Waals surface area contributed by atoms with Gasteiger partial charge in [0.05, 0.1) is 24.4 Å². The fourth-order valence-corrected chi connectivity index (χ4v) is 1.94. The fraction of sp³-hybridized carbons (Fsp3) is 0.176. The Hall–Kier alpha value is -3.20. The number of nitriles is 1. The summed E-state index contributed by atoms with van der Waals surface area (Å²) < 4.78 is 0. The van der Waals surface area contributed by atoms with E-state index in [-0.39, 0.29) is 18.2 Å². The third kappa shape index (κ3) is 4.38. The van der Waals surface area contributed by atoms with Crippen LogP contribution in [0.2, 0.25) is 0 Å². The summed E-state index contributed by atoms with van der Waals surface area (Å²) in [6.07, 6.45) is 3.46. The van der Waals surface area contributed by atoms with Crippen molar-refractivity contribution in [3.05, 3.63) is 59.9 Å². The van der Waals surface area contributed by atoms with Gasteiger partial charge in [-0.2, -0.15) is 5.26 Å². The van der Waals surface area contributed by atoms with E-state index in [4.69, 9.17) is 5.26 Å². The zero-order chi connectivity index (χ0) is 16.7. The predicted octanol–water partition coefficient (Wildman–Crippen LogP) is 2.32. The first kappa shape index (κ1) is 16.2. The molecule has 1 aromatic carbocycles. The van der Waals surface area contributed by atoms with Gasteiger partial charge in [-0.1, -0.05) is 0 Å². The van der Waals surface area contributed by atoms with Crippen LogP contribution in [0.25, 0.3) is 0 Å². The van der Waals surface area contributed by atoms with Gasteiger partial charge < -0.3 is 10.2 Å². The van der Waals surface area contributed by atoms with Gasteiger partial charge in [-0.05, 0) is 36.4 Å². The predicted molar refractivity (Wildman–Crippen MR) is 85.8 cm³/mol. The molecule has 0 unspecified atom stereocenters. The van der Waals surface area contributed by atoms with E-state index in [0.717, 1.165) is 0 Å². The van der Waals surface area contributed by atoms with E-state index < -0.39 is 0 Å². The Kier molecular flexibility index (Phi) is 5.42. The molecular formula is C17H16N4O2. The molecule has 116 valence electrons. The summed E-state index contributed by atoms with van der Waals surface area (Å²) in [5.41, 5.74) is 1.53. The molecule has 0 fully saturated rings. The Balaban J connectivity index is 2.03. The number of amides is 2. The number of rotatable bonds is 5. The van der Waals surface area contributed by atoms with Crippen LogP contribution in [0.3, 0.4) is 0 Å². The Morgan fingerprint density at radius 1 is 1.22 bits per heavy atom. The normalized spacial score (nSPS) is 9.74. The molecule has 6 nitrogen and oxygen atoms in total. The van der Waals surface area contributed by atoms with Crippen LogP contribution in [0.1, 0.15) is 27.1 Å². The first-order valence-corrected chi connectivity index (χ1v) is 7.05. The van der Waals surface area contributed by atoms with E-state index in [2.05, 4.69) is 10.3 Å². The number of pyridine rings is 1. The molecule has 0 saturated carbocycles. The van der Waals surface area contributed by atoms with Crippen molar-refractivity contribution in [3.63, 3.8) is 0 Å². The van der Waals surface area contributed by atoms with Gasteiger partial charge in [0.25, 0.3) is 11.8 Å². The highest BCUT2D eigenvalue weighted by Crippen LogP contribution is 2.10. The standard InChI is InChI=1S/C17H16N4O2/c1-21(11-3-9-18)17(23)14-7-5-13(6-8-14)16(22)20-15-4-2-10-19-12-15/h2,4-8,10,12H,3,11H2,1H3,(H,20,22). The van der Waals surface area contributed by atoms with Crippen molar-refractivity contribution in [2.75, 3.05) is 18.9 Å². The number of anilines is 1. The first-order valence-electron chi connectivity index (χ1n) is 7.05. The summed E-state index contributed by atoms with van der Waals surface area (Å²) in [4.78, 5) is 29.6. The van der Waals surface area contributed by atoms with Crippen LogP contribution in [0.5, 0.6) is 0 Å². The Morgan fingerprint density at radius 3 is 2.52 bits per heavy atom. The van der Waals surface area contributed by atoms with Crippen molar-refractivity contribution >= 4 is 17.5 Å². The second-order valence-electron chi connectivity index (χ2n) is 4.91. The van der Waals surface area contributed by atoms with Crippen LogP contribution in [0, 0.1) is 11.3 Å². The number of carbonyl (C=O) groups excluding carboxylic acids is 2. The maximum absolute atomic E-state index is 12.1. The van der Waals surface area contributed by atoms with Crippen LogP contribution in [0.4, 0.5) is 5.69 Å². The third-order valence-corrected chi connectivity index (χ3v) is 3.22. The summed E-state index contributed by atoms with van der Waals surface area (Å²) in [7, 11) is 1.64. The van der Waals surface area contributed by atoms with Gasteiger partial charge in [-0.25, -0.2) is 0 Å². The van der Waals surface area contributed by atoms with Gasteiger partial charge >= 0.3 is 0 Å². The number of benzene rings is 1. The molecule has 0 saturated heterocycles. The Labute approximate surface area is 134 Å². The lowest BCUT2D eigenvalue weighted by atomic mass is 10.1. The van der Waals surface area contributed by atoms with Crippen molar-refractivity contribution in [2.45, 2.75) is 6.42 Å². The lowest BCUT2D eigenvalue weighted by Crippen LogP contribution is -2.27. The molecule has 1 aromatic heterocycles. The molecule has 0 bridgehead atoms. The van der Waals surface area contributed by atoms with Crippen LogP contribution in [-0.4, -0.2) is 35.3 Å². The molecule has 2 aromatic rings. The van der Waals surface area contributed by atoms with Crippen LogP contribution < -0.4 is 5.32 Å². The van der Waals surface area contributed by atoms with Gasteiger partial charge in [0, 0.05) is 30.9 Å². The monoisotopic (exact) mass is 308 g/mol. The van der Waals surface area contributed by atoms with Crippen molar-refractivity contribution in [3.8, 4) is 6.07 Å². The highest BCUT2D eigenvalue weighted by Gasteiger charge is 2.12. The number of nitrogens with one attached hydrogen (secondary N) is 1. The topological polar surface area (TPSA) is 86.1 Å². The zero-order valence-electron chi connectivity index (χ0n) is 12.7. The van der Waals surface area contributed by atoms with E-state index in [0.29, 0.717) is 23.4 Å². The molecule has 2 amide bonds. The quantitative estimate of drug-likeness (QED) is 0.918. The molecule has 2 rings (SSSR count). The minimum atomic E-state index is -0.269. The van der Waals surface area contributed by atoms with Crippen molar-refractivity contribution < 1.29 is 9.59 Å². The number of hydrogen-bond donors (Lipinski definition) is 1. The summed E-state index contributed by atoms with van der Waals surface area (Å²) in [6, 6.07) is 11.9. The van der Waals surface area contributed by atoms with Crippen molar-refractivity contribution in [2.24, 2.45) is 0 Å². The Morgan fingerprint density at radius 2 is 1.91 bits per heavy atom. The molecule has 6 heteroatoms. The highest BCUT2D eigenvalue weighted by molar-refractivity contribution is 6.05. The molecule has 1 N–H and O–H groups in total. The molecule has 0 radical (unpaired) electrons. The minimum Gasteiger partial charge on any atom is -0.341 e. The van der Waals surface area contributed by atoms with Gasteiger partial charge in [-0.15, -0.1) is 0 Å². The van der Waals surface area contributed by atoms with E-state index in [1.54, 1.807) is 55.8 Å². The van der Waals surface area contributed by atoms with E-state index in [9.17, 15) is 9.59 Å².